The number of ether oxygens (including phenoxy) is 1. The monoisotopic (exact) mass is 569 g/mol. The maximum atomic E-state index is 6.61. The van der Waals surface area contributed by atoms with Crippen LogP contribution in [0.25, 0.3) is 11.3 Å². The van der Waals surface area contributed by atoms with Gasteiger partial charge in [0.15, 0.2) is 5.75 Å². The number of aryl methyl sites for hydroxylation is 3. The first-order valence-electron chi connectivity index (χ1n) is 12.2. The lowest BCUT2D eigenvalue weighted by molar-refractivity contribution is 0.313. The highest BCUT2D eigenvalue weighted by molar-refractivity contribution is 8.00. The SMILES string of the molecule is Cc1cccc(C)c1-c1cc(Oc2cc(N3CCN(C)CC3)cc(Cl)c2Cl)nc(NSc2cnn(C)c2)n1. The topological polar surface area (TPSA) is 71.3 Å². The quantitative estimate of drug-likeness (QED) is 0.254. The van der Waals surface area contributed by atoms with Crippen molar-refractivity contribution in [1.82, 2.24) is 24.6 Å². The minimum atomic E-state index is 0.344. The van der Waals surface area contributed by atoms with Crippen LogP contribution in [0.1, 0.15) is 11.1 Å². The van der Waals surface area contributed by atoms with Crippen LogP contribution in [-0.2, 0) is 7.05 Å². The van der Waals surface area contributed by atoms with Gasteiger partial charge in [-0.05, 0) is 50.0 Å². The molecule has 1 saturated heterocycles. The van der Waals surface area contributed by atoms with Gasteiger partial charge in [0.25, 0.3) is 0 Å². The molecule has 0 radical (unpaired) electrons. The summed E-state index contributed by atoms with van der Waals surface area (Å²) in [6.07, 6.45) is 3.69. The van der Waals surface area contributed by atoms with Gasteiger partial charge in [0.2, 0.25) is 11.8 Å². The van der Waals surface area contributed by atoms with E-state index < -0.39 is 0 Å². The van der Waals surface area contributed by atoms with Gasteiger partial charge in [0.05, 0.1) is 21.8 Å². The van der Waals surface area contributed by atoms with E-state index in [1.807, 2.05) is 37.5 Å². The molecule has 2 aromatic carbocycles. The predicted octanol–water partition coefficient (Wildman–Crippen LogP) is 6.46. The molecule has 4 aromatic rings. The van der Waals surface area contributed by atoms with Gasteiger partial charge in [-0.25, -0.2) is 4.98 Å². The van der Waals surface area contributed by atoms with E-state index in [9.17, 15) is 0 Å². The van der Waals surface area contributed by atoms with Crippen LogP contribution in [0.2, 0.25) is 10.0 Å². The Morgan fingerprint density at radius 3 is 2.39 bits per heavy atom. The van der Waals surface area contributed by atoms with E-state index in [2.05, 4.69) is 57.6 Å². The molecule has 38 heavy (non-hydrogen) atoms. The molecule has 0 atom stereocenters. The molecule has 0 aliphatic carbocycles. The van der Waals surface area contributed by atoms with Gasteiger partial charge in [0.1, 0.15) is 5.02 Å². The molecule has 3 heterocycles. The number of likely N-dealkylation sites (N-methyl/N-ethyl adjacent to an activating group) is 1. The average molecular weight is 571 g/mol. The van der Waals surface area contributed by atoms with Crippen LogP contribution in [-0.4, -0.2) is 57.9 Å². The van der Waals surface area contributed by atoms with Crippen LogP contribution in [0.4, 0.5) is 11.6 Å². The zero-order chi connectivity index (χ0) is 26.8. The third-order valence-electron chi connectivity index (χ3n) is 6.44. The second-order valence-corrected chi connectivity index (χ2v) is 11.0. The number of benzene rings is 2. The van der Waals surface area contributed by atoms with Crippen molar-refractivity contribution in [1.29, 1.82) is 0 Å². The van der Waals surface area contributed by atoms with Crippen molar-refractivity contribution in [2.45, 2.75) is 18.7 Å². The first-order valence-corrected chi connectivity index (χ1v) is 13.8. The lowest BCUT2D eigenvalue weighted by Gasteiger charge is -2.34. The fourth-order valence-electron chi connectivity index (χ4n) is 4.41. The molecule has 2 aromatic heterocycles. The summed E-state index contributed by atoms with van der Waals surface area (Å²) in [5.74, 6) is 1.22. The number of nitrogens with one attached hydrogen (secondary N) is 1. The highest BCUT2D eigenvalue weighted by Gasteiger charge is 2.19. The molecule has 1 N–H and O–H groups in total. The van der Waals surface area contributed by atoms with Crippen molar-refractivity contribution < 1.29 is 4.74 Å². The smallest absolute Gasteiger partial charge is 0.237 e. The Labute approximate surface area is 237 Å². The molecular formula is C27H29Cl2N7OS. The lowest BCUT2D eigenvalue weighted by Crippen LogP contribution is -2.44. The van der Waals surface area contributed by atoms with Crippen LogP contribution >= 0.6 is 35.1 Å². The summed E-state index contributed by atoms with van der Waals surface area (Å²) in [6.45, 7) is 7.89. The van der Waals surface area contributed by atoms with Crippen molar-refractivity contribution in [3.05, 3.63) is 70.0 Å². The van der Waals surface area contributed by atoms with E-state index in [1.165, 1.54) is 11.9 Å². The van der Waals surface area contributed by atoms with Crippen LogP contribution in [0.3, 0.4) is 0 Å². The molecular weight excluding hydrogens is 541 g/mol. The minimum Gasteiger partial charge on any atom is -0.437 e. The molecule has 1 aliphatic rings. The zero-order valence-corrected chi connectivity index (χ0v) is 24.0. The normalized spacial score (nSPS) is 14.1. The Morgan fingerprint density at radius 1 is 0.974 bits per heavy atom. The number of nitrogens with zero attached hydrogens (tertiary/aromatic N) is 6. The second-order valence-electron chi connectivity index (χ2n) is 9.37. The van der Waals surface area contributed by atoms with Crippen LogP contribution in [0.5, 0.6) is 11.6 Å². The van der Waals surface area contributed by atoms with E-state index in [4.69, 9.17) is 32.9 Å². The molecule has 1 aliphatic heterocycles. The fraction of sp³-hybridized carbons (Fsp3) is 0.296. The maximum Gasteiger partial charge on any atom is 0.237 e. The summed E-state index contributed by atoms with van der Waals surface area (Å²) < 4.78 is 11.3. The molecule has 0 bridgehead atoms. The number of piperazine rings is 1. The van der Waals surface area contributed by atoms with Gasteiger partial charge in [-0.3, -0.25) is 9.40 Å². The fourth-order valence-corrected chi connectivity index (χ4v) is 5.37. The van der Waals surface area contributed by atoms with Gasteiger partial charge < -0.3 is 14.5 Å². The zero-order valence-electron chi connectivity index (χ0n) is 21.7. The number of halogens is 2. The van der Waals surface area contributed by atoms with Crippen molar-refractivity contribution in [2.24, 2.45) is 7.05 Å². The summed E-state index contributed by atoms with van der Waals surface area (Å²) >= 11 is 14.5. The molecule has 0 unspecified atom stereocenters. The molecule has 5 rings (SSSR count). The number of aromatic nitrogens is 4. The third-order valence-corrected chi connectivity index (χ3v) is 7.96. The largest absolute Gasteiger partial charge is 0.437 e. The van der Waals surface area contributed by atoms with Crippen LogP contribution in [0, 0.1) is 13.8 Å². The third kappa shape index (κ3) is 6.02. The predicted molar refractivity (Wildman–Crippen MR) is 156 cm³/mol. The van der Waals surface area contributed by atoms with E-state index in [-0.39, 0.29) is 0 Å². The second kappa shape index (κ2) is 11.4. The van der Waals surface area contributed by atoms with Gasteiger partial charge in [-0.15, -0.1) is 0 Å². The summed E-state index contributed by atoms with van der Waals surface area (Å²) in [5.41, 5.74) is 4.97. The molecule has 8 nitrogen and oxygen atoms in total. The molecule has 198 valence electrons. The number of hydrogen-bond donors (Lipinski definition) is 1. The number of rotatable bonds is 7. The molecule has 0 amide bonds. The molecule has 11 heteroatoms. The number of hydrogen-bond acceptors (Lipinski definition) is 8. The highest BCUT2D eigenvalue weighted by Crippen LogP contribution is 2.40. The Hall–Kier alpha value is -2.98. The average Bonchev–Trinajstić information content (AvgIpc) is 3.31. The summed E-state index contributed by atoms with van der Waals surface area (Å²) in [7, 11) is 4.00. The Balaban J connectivity index is 1.50. The molecule has 0 spiro atoms. The summed E-state index contributed by atoms with van der Waals surface area (Å²) in [4.78, 5) is 15.0. The van der Waals surface area contributed by atoms with Crippen molar-refractivity contribution >= 4 is 46.8 Å². The minimum absolute atomic E-state index is 0.344. The summed E-state index contributed by atoms with van der Waals surface area (Å²) in [6, 6.07) is 11.8. The lowest BCUT2D eigenvalue weighted by atomic mass is 10.00. The maximum absolute atomic E-state index is 6.61. The summed E-state index contributed by atoms with van der Waals surface area (Å²) in [5, 5.41) is 5.00. The van der Waals surface area contributed by atoms with Gasteiger partial charge >= 0.3 is 0 Å². The molecule has 1 fully saturated rings. The van der Waals surface area contributed by atoms with Crippen molar-refractivity contribution in [3.8, 4) is 22.9 Å². The van der Waals surface area contributed by atoms with Crippen LogP contribution < -0.4 is 14.4 Å². The Morgan fingerprint density at radius 2 is 1.71 bits per heavy atom. The number of anilines is 2. The van der Waals surface area contributed by atoms with Crippen molar-refractivity contribution in [3.63, 3.8) is 0 Å². The van der Waals surface area contributed by atoms with Gasteiger partial charge in [-0.2, -0.15) is 10.1 Å². The van der Waals surface area contributed by atoms with Gasteiger partial charge in [0, 0.05) is 62.8 Å². The first-order chi connectivity index (χ1) is 18.3. The van der Waals surface area contributed by atoms with E-state index >= 15 is 0 Å². The Bertz CT molecular complexity index is 1430. The highest BCUT2D eigenvalue weighted by atomic mass is 35.5. The van der Waals surface area contributed by atoms with E-state index in [0.29, 0.717) is 27.6 Å². The van der Waals surface area contributed by atoms with Gasteiger partial charge in [-0.1, -0.05) is 41.4 Å². The van der Waals surface area contributed by atoms with E-state index in [1.54, 1.807) is 10.9 Å². The van der Waals surface area contributed by atoms with E-state index in [0.717, 1.165) is 59.1 Å². The van der Waals surface area contributed by atoms with Crippen LogP contribution in [0.15, 0.2) is 53.7 Å². The van der Waals surface area contributed by atoms with Crippen molar-refractivity contribution in [2.75, 3.05) is 42.8 Å². The standard InChI is InChI=1S/C27H29Cl2N7OS/c1-17-6-5-7-18(2)25(17)22-14-24(32-27(31-22)33-38-20-15-30-35(4)16-20)37-23-13-19(12-21(28)26(23)29)36-10-8-34(3)9-11-36/h5-7,12-16H,8-11H2,1-4H3,(H,31,32,33). The Kier molecular flexibility index (Phi) is 7.99. The molecule has 0 saturated carbocycles. The first kappa shape index (κ1) is 26.6.